The Morgan fingerprint density at radius 3 is 1.24 bits per heavy atom. The molecule has 0 aliphatic carbocycles. The summed E-state index contributed by atoms with van der Waals surface area (Å²) in [5.41, 5.74) is 7.33. The van der Waals surface area contributed by atoms with E-state index in [1.54, 1.807) is 13.8 Å². The van der Waals surface area contributed by atoms with Gasteiger partial charge in [0.1, 0.15) is 11.5 Å². The number of carbonyl (C=O) groups is 2. The van der Waals surface area contributed by atoms with E-state index < -0.39 is 0 Å². The number of hydrogen-bond acceptors (Lipinski definition) is 8. The highest BCUT2D eigenvalue weighted by Crippen LogP contribution is 2.29. The third-order valence-corrected chi connectivity index (χ3v) is 7.48. The van der Waals surface area contributed by atoms with Crippen molar-refractivity contribution < 1.29 is 38.0 Å². The Morgan fingerprint density at radius 2 is 0.956 bits per heavy atom. The van der Waals surface area contributed by atoms with Gasteiger partial charge in [-0.3, -0.25) is 0 Å². The molecule has 8 heteroatoms. The van der Waals surface area contributed by atoms with Crippen molar-refractivity contribution in [1.82, 2.24) is 0 Å². The molecule has 45 heavy (non-hydrogen) atoms. The van der Waals surface area contributed by atoms with Crippen molar-refractivity contribution in [3.63, 3.8) is 0 Å². The van der Waals surface area contributed by atoms with E-state index in [1.807, 2.05) is 41.5 Å². The molecule has 2 aromatic rings. The van der Waals surface area contributed by atoms with Crippen LogP contribution in [0.5, 0.6) is 11.5 Å². The van der Waals surface area contributed by atoms with E-state index in [1.165, 1.54) is 11.1 Å². The first kappa shape index (κ1) is 37.6. The number of carbonyl (C=O) groups excluding carboxylic acids is 2. The molecule has 0 N–H and O–H groups in total. The topological polar surface area (TPSA) is 89.5 Å². The predicted octanol–water partition coefficient (Wildman–Crippen LogP) is 7.51. The van der Waals surface area contributed by atoms with Crippen LogP contribution in [-0.4, -0.2) is 52.0 Å². The molecule has 2 aromatic carbocycles. The first-order chi connectivity index (χ1) is 21.4. The largest absolute Gasteiger partial charge is 0.467 e. The van der Waals surface area contributed by atoms with Crippen molar-refractivity contribution in [2.45, 2.75) is 74.7 Å². The number of rotatable bonds is 20. The average molecular weight is 625 g/mol. The van der Waals surface area contributed by atoms with Gasteiger partial charge in [-0.2, -0.15) is 0 Å². The monoisotopic (exact) mass is 624 g/mol. The molecule has 0 fully saturated rings. The first-order valence-corrected chi connectivity index (χ1v) is 15.6. The molecule has 0 amide bonds. The molecule has 2 unspecified atom stereocenters. The van der Waals surface area contributed by atoms with Gasteiger partial charge < -0.3 is 28.4 Å². The van der Waals surface area contributed by atoms with Crippen LogP contribution in [0, 0.1) is 39.5 Å². The highest BCUT2D eigenvalue weighted by atomic mass is 16.7. The lowest BCUT2D eigenvalue weighted by Crippen LogP contribution is -2.20. The van der Waals surface area contributed by atoms with E-state index in [2.05, 4.69) is 37.4 Å². The van der Waals surface area contributed by atoms with Crippen molar-refractivity contribution in [3.05, 3.63) is 82.0 Å². The van der Waals surface area contributed by atoms with Gasteiger partial charge in [0.15, 0.2) is 13.6 Å². The minimum Gasteiger partial charge on any atom is -0.467 e. The van der Waals surface area contributed by atoms with E-state index in [-0.39, 0.29) is 37.4 Å². The molecule has 248 valence electrons. The molecule has 0 spiro atoms. The van der Waals surface area contributed by atoms with Gasteiger partial charge in [-0.25, -0.2) is 9.59 Å². The van der Waals surface area contributed by atoms with Gasteiger partial charge in [0.2, 0.25) is 0 Å². The van der Waals surface area contributed by atoms with Crippen LogP contribution < -0.4 is 9.47 Å². The van der Waals surface area contributed by atoms with Crippen molar-refractivity contribution in [1.29, 1.82) is 0 Å². The fourth-order valence-electron chi connectivity index (χ4n) is 4.81. The van der Waals surface area contributed by atoms with E-state index in [0.717, 1.165) is 53.0 Å². The highest BCUT2D eigenvalue weighted by molar-refractivity contribution is 5.87. The summed E-state index contributed by atoms with van der Waals surface area (Å²) in [5.74, 6) is 1.06. The van der Waals surface area contributed by atoms with Crippen LogP contribution in [0.2, 0.25) is 0 Å². The molecule has 8 nitrogen and oxygen atoms in total. The van der Waals surface area contributed by atoms with Crippen LogP contribution in [-0.2, 0) is 35.0 Å². The summed E-state index contributed by atoms with van der Waals surface area (Å²) in [6.45, 7) is 24.4. The minimum atomic E-state index is -0.380. The van der Waals surface area contributed by atoms with Gasteiger partial charge in [0.25, 0.3) is 0 Å². The summed E-state index contributed by atoms with van der Waals surface area (Å²) in [6, 6.07) is 8.59. The SMILES string of the molecule is C=C(C)C(=O)OCC(CC)COCOc1c(C)cc(Cc2cc(C)c(OCOCC(CC)COC(=O)C(=C)C)c(C)c2)cc1C. The van der Waals surface area contributed by atoms with Crippen molar-refractivity contribution in [2.24, 2.45) is 11.8 Å². The molecule has 0 aliphatic rings. The smallest absolute Gasteiger partial charge is 0.333 e. The number of ether oxygens (including phenoxy) is 6. The lowest BCUT2D eigenvalue weighted by Gasteiger charge is -2.18. The zero-order valence-electron chi connectivity index (χ0n) is 28.5. The zero-order valence-corrected chi connectivity index (χ0v) is 28.5. The number of hydrogen-bond donors (Lipinski definition) is 0. The van der Waals surface area contributed by atoms with Crippen LogP contribution in [0.1, 0.15) is 73.9 Å². The second-order valence-corrected chi connectivity index (χ2v) is 11.9. The van der Waals surface area contributed by atoms with Gasteiger partial charge >= 0.3 is 11.9 Å². The van der Waals surface area contributed by atoms with Crippen LogP contribution in [0.15, 0.2) is 48.6 Å². The van der Waals surface area contributed by atoms with E-state index in [9.17, 15) is 9.59 Å². The molecule has 0 heterocycles. The van der Waals surface area contributed by atoms with E-state index in [4.69, 9.17) is 28.4 Å². The summed E-state index contributed by atoms with van der Waals surface area (Å²) in [4.78, 5) is 23.3. The predicted molar refractivity (Wildman–Crippen MR) is 177 cm³/mol. The molecular weight excluding hydrogens is 572 g/mol. The molecule has 0 aromatic heterocycles. The highest BCUT2D eigenvalue weighted by Gasteiger charge is 2.15. The molecule has 0 saturated carbocycles. The molecule has 0 bridgehead atoms. The Kier molecular flexibility index (Phi) is 15.9. The van der Waals surface area contributed by atoms with Crippen LogP contribution in [0.3, 0.4) is 0 Å². The Balaban J connectivity index is 1.89. The number of aryl methyl sites for hydroxylation is 4. The second-order valence-electron chi connectivity index (χ2n) is 11.9. The Morgan fingerprint density at radius 1 is 0.622 bits per heavy atom. The van der Waals surface area contributed by atoms with E-state index >= 15 is 0 Å². The summed E-state index contributed by atoms with van der Waals surface area (Å²) in [6.07, 6.45) is 2.43. The van der Waals surface area contributed by atoms with Crippen molar-refractivity contribution in [2.75, 3.05) is 40.0 Å². The molecule has 0 radical (unpaired) electrons. The Hall–Kier alpha value is -3.62. The molecule has 2 rings (SSSR count). The maximum absolute atomic E-state index is 11.7. The fourth-order valence-corrected chi connectivity index (χ4v) is 4.81. The van der Waals surface area contributed by atoms with E-state index in [0.29, 0.717) is 37.6 Å². The maximum atomic E-state index is 11.7. The van der Waals surface area contributed by atoms with Gasteiger partial charge in [0.05, 0.1) is 26.4 Å². The standard InChI is InChI=1S/C37H52O8/c1-11-30(20-42-36(38)24(3)4)18-40-22-44-34-26(7)13-32(14-27(34)8)17-33-15-28(9)35(29(10)16-33)45-23-41-19-31(12-2)21-43-37(39)25(5)6/h13-16,30-31H,3,5,11-12,17-23H2,1-2,4,6-10H3. The minimum absolute atomic E-state index is 0.0936. The first-order valence-electron chi connectivity index (χ1n) is 15.6. The fraction of sp³-hybridized carbons (Fsp3) is 0.514. The summed E-state index contributed by atoms with van der Waals surface area (Å²) >= 11 is 0. The van der Waals surface area contributed by atoms with Crippen molar-refractivity contribution >= 4 is 11.9 Å². The summed E-state index contributed by atoms with van der Waals surface area (Å²) < 4.78 is 34.0. The lowest BCUT2D eigenvalue weighted by molar-refractivity contribution is -0.142. The number of esters is 2. The van der Waals surface area contributed by atoms with Crippen LogP contribution in [0.25, 0.3) is 0 Å². The maximum Gasteiger partial charge on any atom is 0.333 e. The Labute approximate surface area is 269 Å². The third-order valence-electron chi connectivity index (χ3n) is 7.48. The average Bonchev–Trinajstić information content (AvgIpc) is 2.98. The van der Waals surface area contributed by atoms with Gasteiger partial charge in [-0.1, -0.05) is 51.3 Å². The third kappa shape index (κ3) is 12.7. The zero-order chi connectivity index (χ0) is 33.5. The Bertz CT molecular complexity index is 1170. The molecule has 0 aliphatic heterocycles. The summed E-state index contributed by atoms with van der Waals surface area (Å²) in [5, 5.41) is 0. The molecule has 0 saturated heterocycles. The van der Waals surface area contributed by atoms with Gasteiger partial charge in [-0.05, 0) is 94.2 Å². The quantitative estimate of drug-likeness (QED) is 0.0647. The van der Waals surface area contributed by atoms with Crippen molar-refractivity contribution in [3.8, 4) is 11.5 Å². The van der Waals surface area contributed by atoms with Gasteiger partial charge in [-0.15, -0.1) is 0 Å². The van der Waals surface area contributed by atoms with Crippen LogP contribution >= 0.6 is 0 Å². The van der Waals surface area contributed by atoms with Gasteiger partial charge in [0, 0.05) is 23.0 Å². The van der Waals surface area contributed by atoms with Crippen LogP contribution in [0.4, 0.5) is 0 Å². The normalized spacial score (nSPS) is 12.3. The molecular formula is C37H52O8. The molecule has 2 atom stereocenters. The number of benzene rings is 2. The lowest BCUT2D eigenvalue weighted by atomic mass is 9.97. The summed E-state index contributed by atoms with van der Waals surface area (Å²) in [7, 11) is 0. The second kappa shape index (κ2) is 19.0.